The van der Waals surface area contributed by atoms with Gasteiger partial charge in [-0.25, -0.2) is 4.98 Å². The molecule has 0 atom stereocenters. The van der Waals surface area contributed by atoms with Gasteiger partial charge in [0.05, 0.1) is 5.02 Å². The summed E-state index contributed by atoms with van der Waals surface area (Å²) in [5.74, 6) is 0. The first kappa shape index (κ1) is 11.1. The summed E-state index contributed by atoms with van der Waals surface area (Å²) in [6, 6.07) is 2.31. The summed E-state index contributed by atoms with van der Waals surface area (Å²) < 4.78 is 36.8. The fraction of sp³-hybridized carbons (Fsp3) is 0.143. The highest BCUT2D eigenvalue weighted by atomic mass is 35.5. The molecule has 2 nitrogen and oxygen atoms in total. The predicted molar refractivity (Wildman–Crippen MR) is 44.0 cm³/mol. The smallest absolute Gasteiger partial charge is 0.230 e. The van der Waals surface area contributed by atoms with Gasteiger partial charge >= 0.3 is 6.18 Å². The molecule has 0 aliphatic carbocycles. The van der Waals surface area contributed by atoms with Gasteiger partial charge in [-0.1, -0.05) is 23.2 Å². The topological polar surface area (TPSA) is 36.7 Å². The van der Waals surface area contributed by atoms with E-state index in [1.165, 1.54) is 6.07 Å². The average molecular weight is 241 g/mol. The molecular formula is C7HCl2F3N2. The molecule has 0 aromatic carbocycles. The second-order valence-electron chi connectivity index (χ2n) is 2.26. The minimum absolute atomic E-state index is 0.361. The summed E-state index contributed by atoms with van der Waals surface area (Å²) in [5, 5.41) is 7.67. The van der Waals surface area contributed by atoms with Gasteiger partial charge in [0.2, 0.25) is 0 Å². The number of alkyl halides is 3. The highest BCUT2D eigenvalue weighted by molar-refractivity contribution is 6.34. The van der Waals surface area contributed by atoms with Crippen molar-refractivity contribution in [2.75, 3.05) is 0 Å². The number of hydrogen-bond acceptors (Lipinski definition) is 2. The Morgan fingerprint density at radius 2 is 1.93 bits per heavy atom. The van der Waals surface area contributed by atoms with E-state index in [2.05, 4.69) is 4.98 Å². The molecule has 0 aliphatic rings. The molecule has 7 heteroatoms. The van der Waals surface area contributed by atoms with Crippen molar-refractivity contribution in [1.29, 1.82) is 5.26 Å². The van der Waals surface area contributed by atoms with Gasteiger partial charge in [0, 0.05) is 0 Å². The molecule has 0 amide bonds. The number of pyridine rings is 1. The van der Waals surface area contributed by atoms with Crippen molar-refractivity contribution in [2.45, 2.75) is 6.18 Å². The Kier molecular flexibility index (Phi) is 2.88. The van der Waals surface area contributed by atoms with Crippen molar-refractivity contribution in [3.05, 3.63) is 27.5 Å². The molecule has 1 aromatic heterocycles. The van der Waals surface area contributed by atoms with Crippen LogP contribution in [0.5, 0.6) is 0 Å². The Labute approximate surface area is 86.9 Å². The summed E-state index contributed by atoms with van der Waals surface area (Å²) in [6.45, 7) is 0. The molecule has 0 N–H and O–H groups in total. The number of halogens is 5. The quantitative estimate of drug-likeness (QED) is 0.653. The lowest BCUT2D eigenvalue weighted by molar-refractivity contribution is -0.141. The van der Waals surface area contributed by atoms with Crippen LogP contribution >= 0.6 is 23.2 Å². The monoisotopic (exact) mass is 240 g/mol. The standard InChI is InChI=1S/C7HCl2F3N2/c8-4-1-5(9)14-6(3(4)2-13)7(10,11)12/h1H. The molecular weight excluding hydrogens is 240 g/mol. The zero-order valence-corrected chi connectivity index (χ0v) is 7.87. The van der Waals surface area contributed by atoms with Crippen molar-refractivity contribution in [3.8, 4) is 6.07 Å². The number of rotatable bonds is 0. The number of nitriles is 1. The summed E-state index contributed by atoms with van der Waals surface area (Å²) in [6.07, 6.45) is -4.74. The molecule has 1 heterocycles. The van der Waals surface area contributed by atoms with Crippen molar-refractivity contribution < 1.29 is 13.2 Å². The van der Waals surface area contributed by atoms with Crippen LogP contribution in [0.25, 0.3) is 0 Å². The molecule has 0 bridgehead atoms. The Morgan fingerprint density at radius 1 is 1.36 bits per heavy atom. The summed E-state index contributed by atoms with van der Waals surface area (Å²) >= 11 is 10.7. The van der Waals surface area contributed by atoms with Gasteiger partial charge in [-0.2, -0.15) is 18.4 Å². The Morgan fingerprint density at radius 3 is 2.36 bits per heavy atom. The van der Waals surface area contributed by atoms with Gasteiger partial charge in [-0.15, -0.1) is 0 Å². The fourth-order valence-corrected chi connectivity index (χ4v) is 1.28. The van der Waals surface area contributed by atoms with Gasteiger partial charge in [0.15, 0.2) is 5.69 Å². The lowest BCUT2D eigenvalue weighted by Crippen LogP contribution is -2.11. The second kappa shape index (κ2) is 3.64. The number of aromatic nitrogens is 1. The first-order valence-electron chi connectivity index (χ1n) is 3.19. The maximum absolute atomic E-state index is 12.3. The lowest BCUT2D eigenvalue weighted by atomic mass is 10.2. The van der Waals surface area contributed by atoms with E-state index in [0.29, 0.717) is 0 Å². The van der Waals surface area contributed by atoms with Crippen LogP contribution in [-0.4, -0.2) is 4.98 Å². The molecule has 0 saturated carbocycles. The van der Waals surface area contributed by atoms with Gasteiger partial charge in [-0.3, -0.25) is 0 Å². The molecule has 1 aromatic rings. The minimum atomic E-state index is -4.74. The molecule has 0 radical (unpaired) electrons. The molecule has 0 fully saturated rings. The third kappa shape index (κ3) is 2.08. The Bertz CT molecular complexity index is 409. The largest absolute Gasteiger partial charge is 0.434 e. The summed E-state index contributed by atoms with van der Waals surface area (Å²) in [4.78, 5) is 3.01. The fourth-order valence-electron chi connectivity index (χ4n) is 0.796. The second-order valence-corrected chi connectivity index (χ2v) is 3.05. The van der Waals surface area contributed by atoms with E-state index in [1.54, 1.807) is 0 Å². The van der Waals surface area contributed by atoms with Gasteiger partial charge < -0.3 is 0 Å². The van der Waals surface area contributed by atoms with Gasteiger partial charge in [0.25, 0.3) is 0 Å². The van der Waals surface area contributed by atoms with Crippen LogP contribution in [0.3, 0.4) is 0 Å². The molecule has 0 unspecified atom stereocenters. The third-order valence-electron chi connectivity index (χ3n) is 1.32. The zero-order chi connectivity index (χ0) is 10.9. The van der Waals surface area contributed by atoms with E-state index in [-0.39, 0.29) is 5.02 Å². The number of hydrogen-bond donors (Lipinski definition) is 0. The van der Waals surface area contributed by atoms with Crippen molar-refractivity contribution in [2.24, 2.45) is 0 Å². The molecule has 0 spiro atoms. The van der Waals surface area contributed by atoms with Crippen LogP contribution in [0.15, 0.2) is 6.07 Å². The SMILES string of the molecule is N#Cc1c(Cl)cc(Cl)nc1C(F)(F)F. The predicted octanol–water partition coefficient (Wildman–Crippen LogP) is 3.28. The molecule has 0 saturated heterocycles. The molecule has 0 aliphatic heterocycles. The molecule has 74 valence electrons. The number of nitrogens with zero attached hydrogens (tertiary/aromatic N) is 2. The van der Waals surface area contributed by atoms with Crippen LogP contribution < -0.4 is 0 Å². The highest BCUT2D eigenvalue weighted by Gasteiger charge is 2.37. The molecule has 14 heavy (non-hydrogen) atoms. The van der Waals surface area contributed by atoms with Gasteiger partial charge in [0.1, 0.15) is 16.8 Å². The van der Waals surface area contributed by atoms with E-state index in [0.717, 1.165) is 6.07 Å². The van der Waals surface area contributed by atoms with Gasteiger partial charge in [-0.05, 0) is 6.07 Å². The molecule has 1 rings (SSSR count). The zero-order valence-electron chi connectivity index (χ0n) is 6.36. The normalized spacial score (nSPS) is 11.1. The lowest BCUT2D eigenvalue weighted by Gasteiger charge is -2.08. The van der Waals surface area contributed by atoms with Crippen molar-refractivity contribution >= 4 is 23.2 Å². The Balaban J connectivity index is 3.50. The maximum Gasteiger partial charge on any atom is 0.434 e. The van der Waals surface area contributed by atoms with E-state index in [4.69, 9.17) is 28.5 Å². The third-order valence-corrected chi connectivity index (χ3v) is 1.81. The van der Waals surface area contributed by atoms with E-state index < -0.39 is 22.6 Å². The summed E-state index contributed by atoms with van der Waals surface area (Å²) in [5.41, 5.74) is -2.08. The van der Waals surface area contributed by atoms with Crippen LogP contribution in [0.1, 0.15) is 11.3 Å². The van der Waals surface area contributed by atoms with Crippen molar-refractivity contribution in [1.82, 2.24) is 4.98 Å². The van der Waals surface area contributed by atoms with Crippen LogP contribution in [-0.2, 0) is 6.18 Å². The average Bonchev–Trinajstić information content (AvgIpc) is 2.01. The van der Waals surface area contributed by atoms with E-state index in [9.17, 15) is 13.2 Å². The van der Waals surface area contributed by atoms with Crippen LogP contribution in [0.2, 0.25) is 10.2 Å². The maximum atomic E-state index is 12.3. The van der Waals surface area contributed by atoms with Crippen molar-refractivity contribution in [3.63, 3.8) is 0 Å². The Hall–Kier alpha value is -0.990. The van der Waals surface area contributed by atoms with E-state index in [1.807, 2.05) is 0 Å². The summed E-state index contributed by atoms with van der Waals surface area (Å²) in [7, 11) is 0. The van der Waals surface area contributed by atoms with Crippen LogP contribution in [0.4, 0.5) is 13.2 Å². The first-order valence-corrected chi connectivity index (χ1v) is 3.95. The highest BCUT2D eigenvalue weighted by Crippen LogP contribution is 2.34. The van der Waals surface area contributed by atoms with Crippen LogP contribution in [0, 0.1) is 11.3 Å². The minimum Gasteiger partial charge on any atom is -0.230 e. The first-order chi connectivity index (χ1) is 6.36. The van der Waals surface area contributed by atoms with E-state index >= 15 is 0 Å².